The Morgan fingerprint density at radius 1 is 1.11 bits per heavy atom. The maximum Gasteiger partial charge on any atom is 0.422 e. The van der Waals surface area contributed by atoms with E-state index in [0.29, 0.717) is 5.56 Å². The van der Waals surface area contributed by atoms with Crippen LogP contribution in [0.25, 0.3) is 0 Å². The average Bonchev–Trinajstić information content (AvgIpc) is 2.61. The van der Waals surface area contributed by atoms with E-state index in [1.807, 2.05) is 0 Å². The Morgan fingerprint density at radius 2 is 1.78 bits per heavy atom. The Bertz CT molecular complexity index is 813. The fraction of sp³-hybridized carbons (Fsp3) is 0.235. The van der Waals surface area contributed by atoms with Crippen LogP contribution in [0.15, 0.2) is 42.6 Å². The molecule has 0 saturated carbocycles. The van der Waals surface area contributed by atoms with Crippen LogP contribution < -0.4 is 0 Å². The summed E-state index contributed by atoms with van der Waals surface area (Å²) < 4.78 is 53.6. The second-order valence-electron chi connectivity index (χ2n) is 5.41. The largest absolute Gasteiger partial charge is 0.449 e. The van der Waals surface area contributed by atoms with Gasteiger partial charge in [-0.05, 0) is 29.8 Å². The number of carbonyl (C=O) groups is 2. The molecule has 0 aliphatic carbocycles. The van der Waals surface area contributed by atoms with Crippen LogP contribution in [0, 0.1) is 5.82 Å². The third-order valence-corrected chi connectivity index (χ3v) is 3.63. The van der Waals surface area contributed by atoms with Gasteiger partial charge in [0.05, 0.1) is 17.3 Å². The first kappa shape index (κ1) is 20.6. The van der Waals surface area contributed by atoms with Gasteiger partial charge in [0.25, 0.3) is 0 Å². The molecule has 0 saturated heterocycles. The van der Waals surface area contributed by atoms with E-state index < -0.39 is 30.5 Å². The summed E-state index contributed by atoms with van der Waals surface area (Å²) in [5, 5.41) is 0.207. The number of hydrogen-bond acceptors (Lipinski definition) is 4. The summed E-state index contributed by atoms with van der Waals surface area (Å²) in [6.07, 6.45) is -3.36. The molecule has 10 heteroatoms. The van der Waals surface area contributed by atoms with Crippen molar-refractivity contribution in [2.75, 3.05) is 6.61 Å². The number of ether oxygens (including phenoxy) is 1. The van der Waals surface area contributed by atoms with Crippen molar-refractivity contribution in [2.45, 2.75) is 19.3 Å². The van der Waals surface area contributed by atoms with Crippen molar-refractivity contribution in [1.29, 1.82) is 0 Å². The average molecular weight is 405 g/mol. The van der Waals surface area contributed by atoms with Gasteiger partial charge in [-0.3, -0.25) is 9.78 Å². The number of halogens is 5. The summed E-state index contributed by atoms with van der Waals surface area (Å²) in [6, 6.07) is 8.09. The zero-order chi connectivity index (χ0) is 20.0. The van der Waals surface area contributed by atoms with Crippen LogP contribution in [-0.4, -0.2) is 34.5 Å². The first-order chi connectivity index (χ1) is 12.7. The Kier molecular flexibility index (Phi) is 6.73. The number of carbonyl (C=O) groups excluding carboxylic acids is 2. The van der Waals surface area contributed by atoms with Gasteiger partial charge >= 0.3 is 18.1 Å². The van der Waals surface area contributed by atoms with Crippen molar-refractivity contribution >= 4 is 23.5 Å². The first-order valence-electron chi connectivity index (χ1n) is 7.52. The van der Waals surface area contributed by atoms with E-state index in [-0.39, 0.29) is 23.8 Å². The summed E-state index contributed by atoms with van der Waals surface area (Å²) in [6.45, 7) is -2.32. The molecule has 0 bridgehead atoms. The molecule has 27 heavy (non-hydrogen) atoms. The van der Waals surface area contributed by atoms with Gasteiger partial charge in [0, 0.05) is 12.7 Å². The lowest BCUT2D eigenvalue weighted by molar-refractivity contribution is -0.189. The molecule has 1 amide bonds. The van der Waals surface area contributed by atoms with Gasteiger partial charge in [-0.2, -0.15) is 13.2 Å². The SMILES string of the molecule is O=C(OCC(F)(F)F)C(=O)N(Cc1ccc(F)cc1)Cc1ncccc1Cl. The molecule has 0 N–H and O–H groups in total. The zero-order valence-electron chi connectivity index (χ0n) is 13.7. The second-order valence-corrected chi connectivity index (χ2v) is 5.82. The fourth-order valence-corrected chi connectivity index (χ4v) is 2.24. The monoisotopic (exact) mass is 404 g/mol. The molecule has 0 spiro atoms. The summed E-state index contributed by atoms with van der Waals surface area (Å²) >= 11 is 5.98. The lowest BCUT2D eigenvalue weighted by Crippen LogP contribution is -2.38. The van der Waals surface area contributed by atoms with Crippen molar-refractivity contribution in [3.8, 4) is 0 Å². The van der Waals surface area contributed by atoms with Gasteiger partial charge in [0.1, 0.15) is 5.82 Å². The van der Waals surface area contributed by atoms with E-state index >= 15 is 0 Å². The van der Waals surface area contributed by atoms with Crippen molar-refractivity contribution < 1.29 is 31.9 Å². The van der Waals surface area contributed by atoms with E-state index in [0.717, 1.165) is 17.0 Å². The second kappa shape index (κ2) is 8.81. The summed E-state index contributed by atoms with van der Waals surface area (Å²) in [5.41, 5.74) is 0.679. The topological polar surface area (TPSA) is 59.5 Å². The predicted octanol–water partition coefficient (Wildman–Crippen LogP) is 3.51. The van der Waals surface area contributed by atoms with Gasteiger partial charge in [-0.15, -0.1) is 0 Å². The summed E-state index contributed by atoms with van der Waals surface area (Å²) in [7, 11) is 0. The number of amides is 1. The lowest BCUT2D eigenvalue weighted by atomic mass is 10.2. The van der Waals surface area contributed by atoms with Gasteiger partial charge in [-0.1, -0.05) is 23.7 Å². The van der Waals surface area contributed by atoms with Gasteiger partial charge in [0.15, 0.2) is 6.61 Å². The lowest BCUT2D eigenvalue weighted by Gasteiger charge is -2.22. The molecule has 5 nitrogen and oxygen atoms in total. The number of hydrogen-bond donors (Lipinski definition) is 0. The minimum Gasteiger partial charge on any atom is -0.449 e. The molecule has 0 aliphatic rings. The van der Waals surface area contributed by atoms with Crippen LogP contribution in [0.1, 0.15) is 11.3 Å². The maximum atomic E-state index is 13.0. The Balaban J connectivity index is 2.19. The van der Waals surface area contributed by atoms with E-state index in [1.54, 1.807) is 6.07 Å². The number of aromatic nitrogens is 1. The molecule has 2 rings (SSSR count). The highest BCUT2D eigenvalue weighted by atomic mass is 35.5. The quantitative estimate of drug-likeness (QED) is 0.435. The van der Waals surface area contributed by atoms with E-state index in [4.69, 9.17) is 11.6 Å². The summed E-state index contributed by atoms with van der Waals surface area (Å²) in [4.78, 5) is 28.9. The molecule has 0 fully saturated rings. The van der Waals surface area contributed by atoms with E-state index in [2.05, 4.69) is 9.72 Å². The Hall–Kier alpha value is -2.68. The molecule has 1 aromatic heterocycles. The van der Waals surface area contributed by atoms with Crippen LogP contribution in [0.3, 0.4) is 0 Å². The first-order valence-corrected chi connectivity index (χ1v) is 7.90. The standard InChI is InChI=1S/C17H13ClF4N2O3/c18-13-2-1-7-23-14(13)9-24(8-11-3-5-12(19)6-4-11)15(25)16(26)27-10-17(20,21)22/h1-7H,8-10H2. The minimum atomic E-state index is -4.76. The molecule has 1 heterocycles. The molecule has 2 aromatic rings. The Morgan fingerprint density at radius 3 is 2.37 bits per heavy atom. The van der Waals surface area contributed by atoms with Crippen LogP contribution >= 0.6 is 11.6 Å². The predicted molar refractivity (Wildman–Crippen MR) is 86.9 cm³/mol. The third-order valence-electron chi connectivity index (χ3n) is 3.29. The number of alkyl halides is 3. The molecule has 144 valence electrons. The zero-order valence-corrected chi connectivity index (χ0v) is 14.4. The van der Waals surface area contributed by atoms with Gasteiger partial charge in [-0.25, -0.2) is 9.18 Å². The third kappa shape index (κ3) is 6.52. The van der Waals surface area contributed by atoms with Crippen molar-refractivity contribution in [2.24, 2.45) is 0 Å². The molecule has 0 atom stereocenters. The van der Waals surface area contributed by atoms with Gasteiger partial charge in [0.2, 0.25) is 0 Å². The van der Waals surface area contributed by atoms with E-state index in [1.165, 1.54) is 24.4 Å². The smallest absolute Gasteiger partial charge is 0.422 e. The van der Waals surface area contributed by atoms with E-state index in [9.17, 15) is 27.2 Å². The number of pyridine rings is 1. The normalized spacial score (nSPS) is 11.1. The number of rotatable bonds is 5. The highest BCUT2D eigenvalue weighted by molar-refractivity contribution is 6.32. The molecular formula is C17H13ClF4N2O3. The molecule has 1 aromatic carbocycles. The number of nitrogens with zero attached hydrogens (tertiary/aromatic N) is 2. The maximum absolute atomic E-state index is 13.0. The van der Waals surface area contributed by atoms with Crippen LogP contribution in [0.2, 0.25) is 5.02 Å². The van der Waals surface area contributed by atoms with Gasteiger partial charge < -0.3 is 9.64 Å². The summed E-state index contributed by atoms with van der Waals surface area (Å²) in [5.74, 6) is -3.47. The highest BCUT2D eigenvalue weighted by Crippen LogP contribution is 2.18. The van der Waals surface area contributed by atoms with Crippen molar-refractivity contribution in [3.63, 3.8) is 0 Å². The minimum absolute atomic E-state index is 0.187. The van der Waals surface area contributed by atoms with Crippen LogP contribution in [-0.2, 0) is 27.4 Å². The van der Waals surface area contributed by atoms with Crippen LogP contribution in [0.5, 0.6) is 0 Å². The van der Waals surface area contributed by atoms with Crippen molar-refractivity contribution in [3.05, 3.63) is 64.7 Å². The molecule has 0 radical (unpaired) electrons. The fourth-order valence-electron chi connectivity index (χ4n) is 2.06. The molecular weight excluding hydrogens is 392 g/mol. The van der Waals surface area contributed by atoms with Crippen LogP contribution in [0.4, 0.5) is 17.6 Å². The number of benzene rings is 1. The number of esters is 1. The molecule has 0 aliphatic heterocycles. The Labute approximate surface area is 156 Å². The molecule has 0 unspecified atom stereocenters. The van der Waals surface area contributed by atoms with Crippen molar-refractivity contribution in [1.82, 2.24) is 9.88 Å². The highest BCUT2D eigenvalue weighted by Gasteiger charge is 2.33.